The Morgan fingerprint density at radius 3 is 1.68 bits per heavy atom. The fraction of sp³-hybridized carbons (Fsp3) is 0.0638. The van der Waals surface area contributed by atoms with Gasteiger partial charge in [0.2, 0.25) is 0 Å². The zero-order valence-corrected chi connectivity index (χ0v) is 27.9. The summed E-state index contributed by atoms with van der Waals surface area (Å²) in [5.74, 6) is 0.710. The third-order valence-corrected chi connectivity index (χ3v) is 10.6. The van der Waals surface area contributed by atoms with Gasteiger partial charge in [-0.05, 0) is 87.6 Å². The number of hydrogen-bond acceptors (Lipinski definition) is 2. The summed E-state index contributed by atoms with van der Waals surface area (Å²) in [5.41, 5.74) is 13.8. The van der Waals surface area contributed by atoms with Crippen molar-refractivity contribution in [1.82, 2.24) is 14.5 Å². The first kappa shape index (κ1) is 28.7. The number of nitrogens with zero attached hydrogens (tertiary/aromatic N) is 3. The molecule has 0 atom stereocenters. The van der Waals surface area contributed by atoms with Crippen LogP contribution in [0, 0.1) is 0 Å². The molecule has 0 unspecified atom stereocenters. The molecule has 3 heteroatoms. The van der Waals surface area contributed by atoms with E-state index in [2.05, 4.69) is 170 Å². The van der Waals surface area contributed by atoms with Crippen molar-refractivity contribution in [1.29, 1.82) is 0 Å². The summed E-state index contributed by atoms with van der Waals surface area (Å²) in [4.78, 5) is 10.2. The Hall–Kier alpha value is -6.32. The van der Waals surface area contributed by atoms with Crippen molar-refractivity contribution in [3.8, 4) is 50.7 Å². The SMILES string of the molecule is CC1(C)c2ccccc2-c2cc3c(cc21)c1cc2ccccc2cc1n3-c1ccc(-c2nc(-c3ccccc3)cc(-c3ccccc3)n2)cc1. The van der Waals surface area contributed by atoms with Crippen molar-refractivity contribution in [2.24, 2.45) is 0 Å². The van der Waals surface area contributed by atoms with Crippen LogP contribution in [-0.4, -0.2) is 14.5 Å². The van der Waals surface area contributed by atoms with Crippen LogP contribution in [0.1, 0.15) is 25.0 Å². The molecule has 0 aliphatic heterocycles. The third-order valence-electron chi connectivity index (χ3n) is 10.6. The molecule has 50 heavy (non-hydrogen) atoms. The Morgan fingerprint density at radius 1 is 0.440 bits per heavy atom. The van der Waals surface area contributed by atoms with Gasteiger partial charge in [-0.3, -0.25) is 0 Å². The third kappa shape index (κ3) is 4.37. The Balaban J connectivity index is 1.18. The van der Waals surface area contributed by atoms with Gasteiger partial charge in [0.1, 0.15) is 0 Å². The summed E-state index contributed by atoms with van der Waals surface area (Å²) >= 11 is 0. The van der Waals surface area contributed by atoms with E-state index in [1.165, 1.54) is 54.8 Å². The predicted molar refractivity (Wildman–Crippen MR) is 208 cm³/mol. The van der Waals surface area contributed by atoms with E-state index in [-0.39, 0.29) is 5.41 Å². The lowest BCUT2D eigenvalue weighted by Crippen LogP contribution is -2.14. The lowest BCUT2D eigenvalue weighted by atomic mass is 9.82. The van der Waals surface area contributed by atoms with Crippen molar-refractivity contribution in [3.63, 3.8) is 0 Å². The molecule has 0 radical (unpaired) electrons. The van der Waals surface area contributed by atoms with Crippen LogP contribution >= 0.6 is 0 Å². The highest BCUT2D eigenvalue weighted by molar-refractivity contribution is 6.15. The van der Waals surface area contributed by atoms with Gasteiger partial charge >= 0.3 is 0 Å². The molecule has 0 spiro atoms. The van der Waals surface area contributed by atoms with Gasteiger partial charge in [0.05, 0.1) is 22.4 Å². The molecule has 7 aromatic carbocycles. The zero-order chi connectivity index (χ0) is 33.4. The summed E-state index contributed by atoms with van der Waals surface area (Å²) in [6.45, 7) is 4.71. The smallest absolute Gasteiger partial charge is 0.160 e. The van der Waals surface area contributed by atoms with Crippen molar-refractivity contribution < 1.29 is 0 Å². The van der Waals surface area contributed by atoms with Gasteiger partial charge in [-0.25, -0.2) is 9.97 Å². The van der Waals surface area contributed by atoms with Gasteiger partial charge < -0.3 is 4.57 Å². The number of hydrogen-bond donors (Lipinski definition) is 0. The van der Waals surface area contributed by atoms with E-state index in [0.717, 1.165) is 33.8 Å². The highest BCUT2D eigenvalue weighted by Crippen LogP contribution is 2.51. The summed E-state index contributed by atoms with van der Waals surface area (Å²) in [7, 11) is 0. The van der Waals surface area contributed by atoms with E-state index in [0.29, 0.717) is 5.82 Å². The number of rotatable bonds is 4. The second-order valence-electron chi connectivity index (χ2n) is 13.9. The first-order chi connectivity index (χ1) is 24.5. The molecule has 0 N–H and O–H groups in total. The molecule has 1 aliphatic carbocycles. The molecule has 1 aliphatic rings. The number of benzene rings is 7. The predicted octanol–water partition coefficient (Wildman–Crippen LogP) is 12.0. The first-order valence-corrected chi connectivity index (χ1v) is 17.2. The summed E-state index contributed by atoms with van der Waals surface area (Å²) in [5, 5.41) is 5.03. The van der Waals surface area contributed by atoms with Crippen LogP contribution in [-0.2, 0) is 5.41 Å². The molecule has 2 heterocycles. The van der Waals surface area contributed by atoms with Crippen LogP contribution in [0.2, 0.25) is 0 Å². The largest absolute Gasteiger partial charge is 0.309 e. The monoisotopic (exact) mass is 639 g/mol. The molecular formula is C47H33N3. The van der Waals surface area contributed by atoms with Gasteiger partial charge in [-0.15, -0.1) is 0 Å². The minimum atomic E-state index is -0.0695. The highest BCUT2D eigenvalue weighted by Gasteiger charge is 2.36. The van der Waals surface area contributed by atoms with Gasteiger partial charge in [-0.2, -0.15) is 0 Å². The van der Waals surface area contributed by atoms with E-state index in [9.17, 15) is 0 Å². The summed E-state index contributed by atoms with van der Waals surface area (Å²) in [6, 6.07) is 58.7. The topological polar surface area (TPSA) is 30.7 Å². The molecule has 0 saturated heterocycles. The standard InChI is InChI=1S/C47H33N3/c1-47(2)40-20-12-11-19-36(40)37-28-45-39(27-41(37)47)38-25-33-17-9-10-18-34(33)26-44(38)50(45)35-23-21-32(22-24-35)46-48-42(30-13-5-3-6-14-30)29-43(49-46)31-15-7-4-8-16-31/h3-29H,1-2H3. The number of aromatic nitrogens is 3. The van der Waals surface area contributed by atoms with Gasteiger partial charge in [-0.1, -0.05) is 123 Å². The summed E-state index contributed by atoms with van der Waals surface area (Å²) in [6.07, 6.45) is 0. The minimum absolute atomic E-state index is 0.0695. The average Bonchev–Trinajstić information content (AvgIpc) is 3.60. The van der Waals surface area contributed by atoms with Crippen LogP contribution in [0.3, 0.4) is 0 Å². The maximum Gasteiger partial charge on any atom is 0.160 e. The van der Waals surface area contributed by atoms with E-state index >= 15 is 0 Å². The first-order valence-electron chi connectivity index (χ1n) is 17.2. The second-order valence-corrected chi connectivity index (χ2v) is 13.9. The fourth-order valence-electron chi connectivity index (χ4n) is 8.02. The van der Waals surface area contributed by atoms with Crippen LogP contribution in [0.4, 0.5) is 0 Å². The maximum atomic E-state index is 5.08. The van der Waals surface area contributed by atoms with Crippen LogP contribution in [0.5, 0.6) is 0 Å². The van der Waals surface area contributed by atoms with Crippen LogP contribution in [0.15, 0.2) is 164 Å². The molecular weight excluding hydrogens is 607 g/mol. The van der Waals surface area contributed by atoms with Crippen molar-refractivity contribution >= 4 is 32.6 Å². The van der Waals surface area contributed by atoms with Crippen LogP contribution in [0.25, 0.3) is 83.3 Å². The van der Waals surface area contributed by atoms with E-state index in [4.69, 9.17) is 9.97 Å². The minimum Gasteiger partial charge on any atom is -0.309 e. The highest BCUT2D eigenvalue weighted by atomic mass is 15.0. The van der Waals surface area contributed by atoms with E-state index < -0.39 is 0 Å². The molecule has 0 bridgehead atoms. The molecule has 2 aromatic heterocycles. The molecule has 236 valence electrons. The van der Waals surface area contributed by atoms with Crippen molar-refractivity contribution in [2.45, 2.75) is 19.3 Å². The Morgan fingerprint density at radius 2 is 1.00 bits per heavy atom. The molecule has 0 saturated carbocycles. The normalized spacial score (nSPS) is 13.2. The van der Waals surface area contributed by atoms with Crippen molar-refractivity contribution in [3.05, 3.63) is 175 Å². The molecule has 3 nitrogen and oxygen atoms in total. The molecule has 10 rings (SSSR count). The van der Waals surface area contributed by atoms with Gasteiger partial charge in [0.15, 0.2) is 5.82 Å². The molecule has 0 fully saturated rings. The van der Waals surface area contributed by atoms with E-state index in [1.54, 1.807) is 0 Å². The average molecular weight is 640 g/mol. The molecule has 0 amide bonds. The Bertz CT molecular complexity index is 2700. The fourth-order valence-corrected chi connectivity index (χ4v) is 8.02. The Kier molecular flexibility index (Phi) is 6.22. The van der Waals surface area contributed by atoms with Gasteiger partial charge in [0, 0.05) is 38.6 Å². The maximum absolute atomic E-state index is 5.08. The van der Waals surface area contributed by atoms with Crippen LogP contribution < -0.4 is 0 Å². The Labute approximate surface area is 291 Å². The second kappa shape index (κ2) is 10.8. The lowest BCUT2D eigenvalue weighted by Gasteiger charge is -2.21. The van der Waals surface area contributed by atoms with Crippen molar-refractivity contribution in [2.75, 3.05) is 0 Å². The summed E-state index contributed by atoms with van der Waals surface area (Å²) < 4.78 is 2.44. The lowest BCUT2D eigenvalue weighted by molar-refractivity contribution is 0.661. The quantitative estimate of drug-likeness (QED) is 0.192. The van der Waals surface area contributed by atoms with Gasteiger partial charge in [0.25, 0.3) is 0 Å². The molecule has 9 aromatic rings. The van der Waals surface area contributed by atoms with E-state index in [1.807, 2.05) is 12.1 Å². The number of fused-ring (bicyclic) bond motifs is 7. The zero-order valence-electron chi connectivity index (χ0n) is 27.9.